The number of halogens is 2. The van der Waals surface area contributed by atoms with Crippen LogP contribution in [0.3, 0.4) is 0 Å². The summed E-state index contributed by atoms with van der Waals surface area (Å²) >= 11 is 11.0. The molecule has 0 bridgehead atoms. The minimum atomic E-state index is -0.709. The Hall–Kier alpha value is -1.13. The predicted molar refractivity (Wildman–Crippen MR) is 47.9 cm³/mol. The summed E-state index contributed by atoms with van der Waals surface area (Å²) in [6, 6.07) is 2.27. The van der Waals surface area contributed by atoms with Crippen molar-refractivity contribution in [2.24, 2.45) is 0 Å². The Morgan fingerprint density at radius 1 is 1.31 bits per heavy atom. The molecule has 0 spiro atoms. The number of nitro groups is 1. The minimum Gasteiger partial charge on any atom is -0.285 e. The molecule has 0 fully saturated rings. The average molecular weight is 219 g/mol. The third-order valence-electron chi connectivity index (χ3n) is 1.32. The molecule has 1 radical (unpaired) electrons. The third-order valence-corrected chi connectivity index (χ3v) is 1.89. The Kier molecular flexibility index (Phi) is 2.85. The van der Waals surface area contributed by atoms with Crippen LogP contribution < -0.4 is 0 Å². The lowest BCUT2D eigenvalue weighted by molar-refractivity contribution is -0.384. The summed E-state index contributed by atoms with van der Waals surface area (Å²) < 4.78 is 0. The molecule has 0 aromatic heterocycles. The third kappa shape index (κ3) is 1.96. The highest BCUT2D eigenvalue weighted by Crippen LogP contribution is 2.32. The van der Waals surface area contributed by atoms with Crippen LogP contribution in [0.25, 0.3) is 0 Å². The predicted octanol–water partition coefficient (Wildman–Crippen LogP) is 2.36. The lowest BCUT2D eigenvalue weighted by atomic mass is 10.2. The second-order valence-corrected chi connectivity index (χ2v) is 2.96. The fraction of sp³-hybridized carbons (Fsp3) is 0. The van der Waals surface area contributed by atoms with E-state index in [1.54, 1.807) is 0 Å². The van der Waals surface area contributed by atoms with Crippen LogP contribution in [0.5, 0.6) is 0 Å². The first kappa shape index (κ1) is 9.95. The fourth-order valence-corrected chi connectivity index (χ4v) is 1.42. The molecule has 67 valence electrons. The van der Waals surface area contributed by atoms with Gasteiger partial charge in [0.2, 0.25) is 6.29 Å². The van der Waals surface area contributed by atoms with E-state index in [0.717, 1.165) is 12.1 Å². The summed E-state index contributed by atoms with van der Waals surface area (Å²) in [7, 11) is 0. The highest BCUT2D eigenvalue weighted by molar-refractivity contribution is 6.38. The summed E-state index contributed by atoms with van der Waals surface area (Å²) in [6.07, 6.45) is 1.53. The van der Waals surface area contributed by atoms with E-state index in [0.29, 0.717) is 0 Å². The zero-order valence-corrected chi connectivity index (χ0v) is 7.59. The molecule has 1 aromatic rings. The summed E-state index contributed by atoms with van der Waals surface area (Å²) in [5.41, 5.74) is -0.317. The number of nitrogens with zero attached hydrogens (tertiary/aromatic N) is 1. The molecule has 0 aliphatic heterocycles. The minimum absolute atomic E-state index is 0.0839. The number of hydrogen-bond acceptors (Lipinski definition) is 3. The lowest BCUT2D eigenvalue weighted by Crippen LogP contribution is -1.92. The fourth-order valence-electron chi connectivity index (χ4n) is 0.799. The van der Waals surface area contributed by atoms with Crippen molar-refractivity contribution in [3.8, 4) is 0 Å². The molecule has 0 amide bonds. The number of carbonyl (C=O) groups excluding carboxylic acids is 1. The van der Waals surface area contributed by atoms with Crippen LogP contribution in [0, 0.1) is 10.1 Å². The molecule has 13 heavy (non-hydrogen) atoms. The summed E-state index contributed by atoms with van der Waals surface area (Å²) in [6.45, 7) is 0. The van der Waals surface area contributed by atoms with Gasteiger partial charge in [-0.25, -0.2) is 0 Å². The molecule has 4 nitrogen and oxygen atoms in total. The number of nitro benzene ring substituents is 1. The highest BCUT2D eigenvalue weighted by Gasteiger charge is 2.18. The Labute approximate surface area is 83.2 Å². The lowest BCUT2D eigenvalue weighted by Gasteiger charge is -1.97. The van der Waals surface area contributed by atoms with Crippen molar-refractivity contribution >= 4 is 35.2 Å². The van der Waals surface area contributed by atoms with Gasteiger partial charge < -0.3 is 0 Å². The number of benzene rings is 1. The summed E-state index contributed by atoms with van der Waals surface area (Å²) in [5, 5.41) is 10.0. The first-order valence-corrected chi connectivity index (χ1v) is 3.83. The van der Waals surface area contributed by atoms with Gasteiger partial charge in [-0.05, 0) is 12.1 Å². The van der Waals surface area contributed by atoms with E-state index in [4.69, 9.17) is 23.2 Å². The van der Waals surface area contributed by atoms with Gasteiger partial charge in [0, 0.05) is 5.56 Å². The maximum absolute atomic E-state index is 10.4. The van der Waals surface area contributed by atoms with Crippen LogP contribution in [0.15, 0.2) is 12.1 Å². The Morgan fingerprint density at radius 2 is 1.77 bits per heavy atom. The molecule has 1 aromatic carbocycles. The Balaban J connectivity index is 3.39. The Morgan fingerprint density at radius 3 is 2.08 bits per heavy atom. The van der Waals surface area contributed by atoms with Gasteiger partial charge in [-0.2, -0.15) is 0 Å². The van der Waals surface area contributed by atoms with E-state index in [1.165, 1.54) is 6.29 Å². The van der Waals surface area contributed by atoms with Crippen LogP contribution in [0.2, 0.25) is 10.0 Å². The maximum Gasteiger partial charge on any atom is 0.306 e. The summed E-state index contributed by atoms with van der Waals surface area (Å²) in [5.74, 6) is 0. The van der Waals surface area contributed by atoms with Gasteiger partial charge in [0.05, 0.1) is 4.92 Å². The summed E-state index contributed by atoms with van der Waals surface area (Å²) in [4.78, 5) is 19.9. The molecule has 0 heterocycles. The molecule has 1 rings (SSSR count). The monoisotopic (exact) mass is 218 g/mol. The standard InChI is InChI=1S/C7H2Cl2NO3/c8-5-1-4(3-11)2-6(9)7(5)10(12)13/h1-2H. The molecule has 0 aliphatic carbocycles. The zero-order valence-electron chi connectivity index (χ0n) is 6.08. The van der Waals surface area contributed by atoms with Crippen molar-refractivity contribution in [1.29, 1.82) is 0 Å². The Bertz CT molecular complexity index is 355. The van der Waals surface area contributed by atoms with E-state index < -0.39 is 10.6 Å². The van der Waals surface area contributed by atoms with Crippen molar-refractivity contribution < 1.29 is 9.72 Å². The van der Waals surface area contributed by atoms with Crippen molar-refractivity contribution in [3.05, 3.63) is 37.9 Å². The normalized spacial score (nSPS) is 9.69. The van der Waals surface area contributed by atoms with E-state index in [-0.39, 0.29) is 15.6 Å². The van der Waals surface area contributed by atoms with Crippen LogP contribution in [0.1, 0.15) is 5.56 Å². The topological polar surface area (TPSA) is 60.2 Å². The molecule has 0 unspecified atom stereocenters. The molecule has 0 N–H and O–H groups in total. The van der Waals surface area contributed by atoms with Crippen LogP contribution in [0.4, 0.5) is 5.69 Å². The van der Waals surface area contributed by atoms with Gasteiger partial charge in [0.25, 0.3) is 0 Å². The van der Waals surface area contributed by atoms with Gasteiger partial charge in [0.15, 0.2) is 0 Å². The van der Waals surface area contributed by atoms with Gasteiger partial charge in [0.1, 0.15) is 10.0 Å². The first-order chi connectivity index (χ1) is 6.06. The van der Waals surface area contributed by atoms with Crippen molar-refractivity contribution in [2.45, 2.75) is 0 Å². The average Bonchev–Trinajstić information content (AvgIpc) is 2.02. The van der Waals surface area contributed by atoms with Gasteiger partial charge in [-0.15, -0.1) is 0 Å². The largest absolute Gasteiger partial charge is 0.306 e. The van der Waals surface area contributed by atoms with Gasteiger partial charge in [-0.1, -0.05) is 23.2 Å². The highest BCUT2D eigenvalue weighted by atomic mass is 35.5. The van der Waals surface area contributed by atoms with Crippen molar-refractivity contribution in [2.75, 3.05) is 0 Å². The van der Waals surface area contributed by atoms with E-state index in [9.17, 15) is 14.9 Å². The van der Waals surface area contributed by atoms with Gasteiger partial charge >= 0.3 is 5.69 Å². The first-order valence-electron chi connectivity index (χ1n) is 3.08. The molecule has 6 heteroatoms. The van der Waals surface area contributed by atoms with E-state index >= 15 is 0 Å². The van der Waals surface area contributed by atoms with Crippen LogP contribution >= 0.6 is 23.2 Å². The number of rotatable bonds is 2. The molecule has 0 aliphatic rings. The molecular weight excluding hydrogens is 217 g/mol. The van der Waals surface area contributed by atoms with Crippen LogP contribution in [-0.2, 0) is 4.79 Å². The second-order valence-electron chi connectivity index (χ2n) is 2.15. The van der Waals surface area contributed by atoms with Gasteiger partial charge in [-0.3, -0.25) is 14.9 Å². The maximum atomic E-state index is 10.4. The van der Waals surface area contributed by atoms with Crippen LogP contribution in [-0.4, -0.2) is 11.2 Å². The molecule has 0 saturated carbocycles. The van der Waals surface area contributed by atoms with E-state index in [1.807, 2.05) is 0 Å². The van der Waals surface area contributed by atoms with Crippen molar-refractivity contribution in [3.63, 3.8) is 0 Å². The quantitative estimate of drug-likeness (QED) is 0.566. The smallest absolute Gasteiger partial charge is 0.285 e. The molecule has 0 saturated heterocycles. The van der Waals surface area contributed by atoms with Crippen molar-refractivity contribution in [1.82, 2.24) is 0 Å². The van der Waals surface area contributed by atoms with E-state index in [2.05, 4.69) is 0 Å². The SMILES string of the molecule is O=[C]c1cc(Cl)c([N+](=O)[O-])c(Cl)c1. The molecular formula is C7H2Cl2NO3. The number of hydrogen-bond donors (Lipinski definition) is 0. The second kappa shape index (κ2) is 3.72. The zero-order chi connectivity index (χ0) is 10.0. The molecule has 0 atom stereocenters.